The molecule has 1 spiro atoms. The number of benzene rings is 3. The maximum atomic E-state index is 13.3. The Bertz CT molecular complexity index is 1590. The van der Waals surface area contributed by atoms with Crippen molar-refractivity contribution in [1.82, 2.24) is 10.6 Å². The lowest BCUT2D eigenvalue weighted by Gasteiger charge is -2.46. The Morgan fingerprint density at radius 1 is 0.891 bits per heavy atom. The largest absolute Gasteiger partial charge is 0.416 e. The molecule has 0 radical (unpaired) electrons. The van der Waals surface area contributed by atoms with E-state index in [-0.39, 0.29) is 34.6 Å². The first kappa shape index (κ1) is 35.4. The van der Waals surface area contributed by atoms with Gasteiger partial charge < -0.3 is 15.4 Å². The predicted molar refractivity (Wildman–Crippen MR) is 157 cm³/mol. The SMILES string of the molecule is C[C@@H](OC[C@]1(c2ccccc2)CCC2(CCC(=O)N2)CN1)c1cc(C(F)(F)F)cc(C(F)(F)F)c1.Cc1ccc(S(=O)(=O)O)cc1. The van der Waals surface area contributed by atoms with Crippen molar-refractivity contribution < 1.29 is 48.8 Å². The molecule has 3 N–H and O–H groups in total. The first-order valence-corrected chi connectivity index (χ1v) is 15.8. The normalized spacial score (nSPS) is 22.6. The van der Waals surface area contributed by atoms with Gasteiger partial charge in [-0.25, -0.2) is 0 Å². The number of carbonyl (C=O) groups is 1. The number of carbonyl (C=O) groups excluding carboxylic acids is 1. The van der Waals surface area contributed by atoms with Gasteiger partial charge >= 0.3 is 12.4 Å². The number of hydrogen-bond donors (Lipinski definition) is 3. The summed E-state index contributed by atoms with van der Waals surface area (Å²) in [6.45, 7) is 3.79. The highest BCUT2D eigenvalue weighted by Gasteiger charge is 2.47. The van der Waals surface area contributed by atoms with Gasteiger partial charge in [0.05, 0.1) is 39.8 Å². The van der Waals surface area contributed by atoms with Crippen LogP contribution in [0, 0.1) is 6.92 Å². The van der Waals surface area contributed by atoms with Crippen LogP contribution in [-0.4, -0.2) is 37.6 Å². The van der Waals surface area contributed by atoms with Gasteiger partial charge in [0.15, 0.2) is 0 Å². The molecule has 2 fully saturated rings. The number of halogens is 6. The second-order valence-electron chi connectivity index (χ2n) is 11.7. The Kier molecular flexibility index (Phi) is 10.3. The standard InChI is InChI=1S/C25H26F6N2O2.C7H8O3S/c1-16(17-11-19(24(26,27)28)13-20(12-17)25(29,30)31)35-15-23(18-5-3-2-4-6-18)10-9-22(14-32-23)8-7-21(34)33-22;1-6-2-4-7(5-3-6)11(8,9)10/h2-6,11-13,16,32H,7-10,14-15H2,1H3,(H,33,34);2-5H,1H3,(H,8,9,10)/t16-,22?,23+;/m1./s1. The third-order valence-electron chi connectivity index (χ3n) is 8.34. The van der Waals surface area contributed by atoms with Crippen LogP contribution in [0.25, 0.3) is 0 Å². The molecule has 1 unspecified atom stereocenters. The van der Waals surface area contributed by atoms with E-state index in [9.17, 15) is 39.6 Å². The van der Waals surface area contributed by atoms with Crippen LogP contribution in [0.2, 0.25) is 0 Å². The molecule has 2 aliphatic heterocycles. The fourth-order valence-electron chi connectivity index (χ4n) is 5.56. The zero-order valence-electron chi connectivity index (χ0n) is 25.0. The molecule has 14 heteroatoms. The quantitative estimate of drug-likeness (QED) is 0.193. The molecule has 0 saturated carbocycles. The lowest BCUT2D eigenvalue weighted by atomic mass is 9.76. The van der Waals surface area contributed by atoms with E-state index in [4.69, 9.17) is 9.29 Å². The molecule has 2 aliphatic rings. The number of hydrogen-bond acceptors (Lipinski definition) is 5. The van der Waals surface area contributed by atoms with Crippen molar-refractivity contribution in [3.05, 3.63) is 101 Å². The highest BCUT2D eigenvalue weighted by atomic mass is 32.2. The Morgan fingerprint density at radius 2 is 1.48 bits per heavy atom. The van der Waals surface area contributed by atoms with E-state index in [1.54, 1.807) is 12.1 Å². The van der Waals surface area contributed by atoms with E-state index in [0.717, 1.165) is 11.1 Å². The van der Waals surface area contributed by atoms with Crippen molar-refractivity contribution in [3.8, 4) is 0 Å². The Balaban J connectivity index is 0.000000369. The smallest absolute Gasteiger partial charge is 0.372 e. The highest BCUT2D eigenvalue weighted by molar-refractivity contribution is 7.85. The van der Waals surface area contributed by atoms with Gasteiger partial charge in [-0.05, 0) is 74.6 Å². The summed E-state index contributed by atoms with van der Waals surface area (Å²) >= 11 is 0. The molecular weight excluding hydrogens is 638 g/mol. The van der Waals surface area contributed by atoms with Crippen LogP contribution >= 0.6 is 0 Å². The molecule has 3 aromatic carbocycles. The van der Waals surface area contributed by atoms with Crippen LogP contribution < -0.4 is 10.6 Å². The molecule has 2 saturated heterocycles. The first-order chi connectivity index (χ1) is 21.3. The molecule has 250 valence electrons. The minimum atomic E-state index is -4.92. The van der Waals surface area contributed by atoms with E-state index < -0.39 is 45.2 Å². The number of nitrogens with one attached hydrogen (secondary N) is 2. The van der Waals surface area contributed by atoms with Crippen molar-refractivity contribution in [3.63, 3.8) is 0 Å². The summed E-state index contributed by atoms with van der Waals surface area (Å²) in [7, 11) is -4.02. The maximum Gasteiger partial charge on any atom is 0.416 e. The van der Waals surface area contributed by atoms with E-state index in [1.165, 1.54) is 19.1 Å². The lowest BCUT2D eigenvalue weighted by Crippen LogP contribution is -2.61. The summed E-state index contributed by atoms with van der Waals surface area (Å²) in [5.74, 6) is -0.00565. The Hall–Kier alpha value is -3.46. The number of ether oxygens (including phenoxy) is 1. The molecule has 7 nitrogen and oxygen atoms in total. The summed E-state index contributed by atoms with van der Waals surface area (Å²) < 4.78 is 115. The third kappa shape index (κ3) is 8.66. The molecule has 3 aromatic rings. The fraction of sp³-hybridized carbons (Fsp3) is 0.406. The first-order valence-electron chi connectivity index (χ1n) is 14.4. The van der Waals surface area contributed by atoms with Gasteiger partial charge in [0.2, 0.25) is 5.91 Å². The highest BCUT2D eigenvalue weighted by Crippen LogP contribution is 2.41. The van der Waals surface area contributed by atoms with Crippen molar-refractivity contribution in [2.45, 2.75) is 74.0 Å². The summed E-state index contributed by atoms with van der Waals surface area (Å²) in [6.07, 6.45) is -8.49. The number of piperidine rings is 1. The van der Waals surface area contributed by atoms with Crippen LogP contribution in [-0.2, 0) is 37.5 Å². The Labute approximate surface area is 263 Å². The maximum absolute atomic E-state index is 13.3. The monoisotopic (exact) mass is 672 g/mol. The number of amides is 1. The van der Waals surface area contributed by atoms with Gasteiger partial charge in [-0.2, -0.15) is 34.8 Å². The van der Waals surface area contributed by atoms with E-state index in [0.29, 0.717) is 44.4 Å². The number of aryl methyl sites for hydroxylation is 1. The number of rotatable bonds is 6. The average molecular weight is 673 g/mol. The summed E-state index contributed by atoms with van der Waals surface area (Å²) in [5, 5.41) is 6.52. The minimum absolute atomic E-state index is 0.00565. The van der Waals surface area contributed by atoms with Gasteiger partial charge in [-0.15, -0.1) is 0 Å². The zero-order chi connectivity index (χ0) is 34.0. The summed E-state index contributed by atoms with van der Waals surface area (Å²) in [6, 6.07) is 16.9. The molecule has 0 bridgehead atoms. The van der Waals surface area contributed by atoms with Gasteiger partial charge in [0.25, 0.3) is 10.1 Å². The van der Waals surface area contributed by atoms with Crippen molar-refractivity contribution >= 4 is 16.0 Å². The summed E-state index contributed by atoms with van der Waals surface area (Å²) in [4.78, 5) is 11.7. The van der Waals surface area contributed by atoms with Crippen LogP contribution in [0.1, 0.15) is 66.5 Å². The zero-order valence-corrected chi connectivity index (χ0v) is 25.8. The number of alkyl halides is 6. The molecule has 1 amide bonds. The van der Waals surface area contributed by atoms with Crippen molar-refractivity contribution in [2.24, 2.45) is 0 Å². The van der Waals surface area contributed by atoms with Gasteiger partial charge in [0.1, 0.15) is 0 Å². The van der Waals surface area contributed by atoms with Crippen LogP contribution in [0.4, 0.5) is 26.3 Å². The topological polar surface area (TPSA) is 105 Å². The van der Waals surface area contributed by atoms with Gasteiger partial charge in [-0.3, -0.25) is 9.35 Å². The van der Waals surface area contributed by atoms with Crippen LogP contribution in [0.15, 0.2) is 77.7 Å². The average Bonchev–Trinajstić information content (AvgIpc) is 3.36. The van der Waals surface area contributed by atoms with Gasteiger partial charge in [-0.1, -0.05) is 48.0 Å². The lowest BCUT2D eigenvalue weighted by molar-refractivity contribution is -0.143. The minimum Gasteiger partial charge on any atom is -0.372 e. The van der Waals surface area contributed by atoms with E-state index in [1.807, 2.05) is 37.3 Å². The van der Waals surface area contributed by atoms with Crippen LogP contribution in [0.3, 0.4) is 0 Å². The van der Waals surface area contributed by atoms with Gasteiger partial charge in [0, 0.05) is 13.0 Å². The molecule has 0 aromatic heterocycles. The molecule has 46 heavy (non-hydrogen) atoms. The fourth-order valence-corrected chi connectivity index (χ4v) is 6.04. The third-order valence-corrected chi connectivity index (χ3v) is 9.20. The van der Waals surface area contributed by atoms with Crippen molar-refractivity contribution in [2.75, 3.05) is 13.2 Å². The van der Waals surface area contributed by atoms with Crippen molar-refractivity contribution in [1.29, 1.82) is 0 Å². The second-order valence-corrected chi connectivity index (χ2v) is 13.1. The molecular formula is C32H34F6N2O5S. The molecule has 2 heterocycles. The van der Waals surface area contributed by atoms with E-state index in [2.05, 4.69) is 10.6 Å². The Morgan fingerprint density at radius 3 is 1.93 bits per heavy atom. The predicted octanol–water partition coefficient (Wildman–Crippen LogP) is 6.97. The molecule has 5 rings (SSSR count). The molecule has 0 aliphatic carbocycles. The second kappa shape index (κ2) is 13.3. The molecule has 3 atom stereocenters. The van der Waals surface area contributed by atoms with E-state index >= 15 is 0 Å². The summed E-state index contributed by atoms with van der Waals surface area (Å²) in [5.41, 5.74) is -2.16. The van der Waals surface area contributed by atoms with Crippen LogP contribution in [0.5, 0.6) is 0 Å².